The zero-order valence-corrected chi connectivity index (χ0v) is 14.5. The maximum atomic E-state index is 12.4. The van der Waals surface area contributed by atoms with Gasteiger partial charge in [0.1, 0.15) is 0 Å². The van der Waals surface area contributed by atoms with E-state index in [1.54, 1.807) is 12.1 Å². The lowest BCUT2D eigenvalue weighted by molar-refractivity contribution is 0.601. The van der Waals surface area contributed by atoms with Crippen molar-refractivity contribution in [3.05, 3.63) is 50.9 Å². The van der Waals surface area contributed by atoms with E-state index in [0.29, 0.717) is 4.47 Å². The Morgan fingerprint density at radius 2 is 1.90 bits per heavy atom. The second kappa shape index (κ2) is 6.05. The minimum absolute atomic E-state index is 0.00392. The summed E-state index contributed by atoms with van der Waals surface area (Å²) in [6.07, 6.45) is 0. The predicted octanol–water partition coefficient (Wildman–Crippen LogP) is 3.47. The summed E-state index contributed by atoms with van der Waals surface area (Å²) in [5.41, 5.74) is 6.61. The van der Waals surface area contributed by atoms with Crippen molar-refractivity contribution in [1.82, 2.24) is 0 Å². The van der Waals surface area contributed by atoms with Gasteiger partial charge < -0.3 is 5.73 Å². The van der Waals surface area contributed by atoms with Gasteiger partial charge in [-0.15, -0.1) is 0 Å². The summed E-state index contributed by atoms with van der Waals surface area (Å²) in [6.45, 7) is 0. The highest BCUT2D eigenvalue weighted by atomic mass is 79.9. The van der Waals surface area contributed by atoms with Gasteiger partial charge in [0.15, 0.2) is 0 Å². The molecule has 108 valence electrons. The van der Waals surface area contributed by atoms with Crippen molar-refractivity contribution < 1.29 is 8.42 Å². The van der Waals surface area contributed by atoms with Crippen LogP contribution in [0.1, 0.15) is 5.56 Å². The van der Waals surface area contributed by atoms with Gasteiger partial charge in [0.25, 0.3) is 10.0 Å². The number of rotatable bonds is 3. The highest BCUT2D eigenvalue weighted by Crippen LogP contribution is 2.34. The number of sulfonamides is 1. The van der Waals surface area contributed by atoms with E-state index in [2.05, 4.69) is 36.6 Å². The summed E-state index contributed by atoms with van der Waals surface area (Å²) in [4.78, 5) is -0.00392. The Bertz CT molecular complexity index is 822. The van der Waals surface area contributed by atoms with Crippen LogP contribution in [0.4, 0.5) is 11.4 Å². The molecule has 0 heterocycles. The van der Waals surface area contributed by atoms with E-state index in [0.717, 1.165) is 4.47 Å². The molecule has 2 aromatic rings. The number of halogens is 2. The Morgan fingerprint density at radius 1 is 1.19 bits per heavy atom. The molecule has 0 unspecified atom stereocenters. The highest BCUT2D eigenvalue weighted by Gasteiger charge is 2.18. The molecule has 0 radical (unpaired) electrons. The zero-order valence-electron chi connectivity index (χ0n) is 10.5. The molecule has 0 saturated heterocycles. The van der Waals surface area contributed by atoms with E-state index in [-0.39, 0.29) is 21.8 Å². The fourth-order valence-corrected chi connectivity index (χ4v) is 4.27. The molecule has 0 aliphatic carbocycles. The SMILES string of the molecule is N#Cc1cccc(S(=O)(=O)Nc2c(N)cc(Br)cc2Br)c1. The molecule has 0 aromatic heterocycles. The largest absolute Gasteiger partial charge is 0.397 e. The van der Waals surface area contributed by atoms with Crippen LogP contribution in [-0.2, 0) is 10.0 Å². The van der Waals surface area contributed by atoms with Crippen molar-refractivity contribution in [2.45, 2.75) is 4.90 Å². The zero-order chi connectivity index (χ0) is 15.6. The van der Waals surface area contributed by atoms with Crippen LogP contribution in [0.2, 0.25) is 0 Å². The second-order valence-electron chi connectivity index (χ2n) is 4.10. The molecule has 2 aromatic carbocycles. The number of hydrogen-bond acceptors (Lipinski definition) is 4. The van der Waals surface area contributed by atoms with E-state index in [4.69, 9.17) is 11.0 Å². The Labute approximate surface area is 139 Å². The summed E-state index contributed by atoms with van der Waals surface area (Å²) in [6, 6.07) is 10.9. The van der Waals surface area contributed by atoms with E-state index < -0.39 is 10.0 Å². The predicted molar refractivity (Wildman–Crippen MR) is 88.2 cm³/mol. The molecule has 3 N–H and O–H groups in total. The lowest BCUT2D eigenvalue weighted by Gasteiger charge is -2.13. The standard InChI is InChI=1S/C13H9Br2N3O2S/c14-9-5-11(15)13(12(17)6-9)18-21(19,20)10-3-1-2-8(4-10)7-16/h1-6,18H,17H2. The fourth-order valence-electron chi connectivity index (χ4n) is 1.63. The third-order valence-electron chi connectivity index (χ3n) is 2.60. The summed E-state index contributed by atoms with van der Waals surface area (Å²) in [7, 11) is -3.83. The van der Waals surface area contributed by atoms with Crippen molar-refractivity contribution in [3.63, 3.8) is 0 Å². The first kappa shape index (κ1) is 15.8. The molecule has 8 heteroatoms. The average molecular weight is 431 g/mol. The van der Waals surface area contributed by atoms with Crippen LogP contribution in [0.25, 0.3) is 0 Å². The van der Waals surface area contributed by atoms with Gasteiger partial charge in [-0.25, -0.2) is 8.42 Å². The first-order chi connectivity index (χ1) is 9.83. The van der Waals surface area contributed by atoms with E-state index >= 15 is 0 Å². The lowest BCUT2D eigenvalue weighted by Crippen LogP contribution is -2.14. The molecule has 21 heavy (non-hydrogen) atoms. The highest BCUT2D eigenvalue weighted by molar-refractivity contribution is 9.11. The Kier molecular flexibility index (Phi) is 4.56. The fraction of sp³-hybridized carbons (Fsp3) is 0. The van der Waals surface area contributed by atoms with Gasteiger partial charge in [0, 0.05) is 8.95 Å². The Hall–Kier alpha value is -1.56. The monoisotopic (exact) mass is 429 g/mol. The molecule has 0 bridgehead atoms. The van der Waals surface area contributed by atoms with Crippen LogP contribution < -0.4 is 10.5 Å². The van der Waals surface area contributed by atoms with Gasteiger partial charge >= 0.3 is 0 Å². The van der Waals surface area contributed by atoms with Crippen LogP contribution in [0, 0.1) is 11.3 Å². The molecule has 0 aliphatic rings. The number of anilines is 2. The molecular formula is C13H9Br2N3O2S. The summed E-state index contributed by atoms with van der Waals surface area (Å²) >= 11 is 6.53. The van der Waals surface area contributed by atoms with E-state index in [1.165, 1.54) is 24.3 Å². The van der Waals surface area contributed by atoms with Crippen LogP contribution in [0.3, 0.4) is 0 Å². The lowest BCUT2D eigenvalue weighted by atomic mass is 10.2. The van der Waals surface area contributed by atoms with Gasteiger partial charge in [0.05, 0.1) is 27.9 Å². The quantitative estimate of drug-likeness (QED) is 0.728. The van der Waals surface area contributed by atoms with Crippen LogP contribution in [0.15, 0.2) is 50.2 Å². The normalized spacial score (nSPS) is 10.9. The number of hydrogen-bond donors (Lipinski definition) is 2. The minimum Gasteiger partial charge on any atom is -0.397 e. The van der Waals surface area contributed by atoms with Crippen molar-refractivity contribution in [3.8, 4) is 6.07 Å². The summed E-state index contributed by atoms with van der Waals surface area (Å²) in [5.74, 6) is 0. The number of nitrogens with zero attached hydrogens (tertiary/aromatic N) is 1. The molecule has 0 fully saturated rings. The maximum absolute atomic E-state index is 12.4. The smallest absolute Gasteiger partial charge is 0.262 e. The van der Waals surface area contributed by atoms with Crippen molar-refractivity contribution in [2.24, 2.45) is 0 Å². The molecule has 2 rings (SSSR count). The minimum atomic E-state index is -3.83. The third kappa shape index (κ3) is 3.56. The maximum Gasteiger partial charge on any atom is 0.262 e. The molecule has 0 aliphatic heterocycles. The van der Waals surface area contributed by atoms with Gasteiger partial charge in [-0.2, -0.15) is 5.26 Å². The Balaban J connectivity index is 2.45. The van der Waals surface area contributed by atoms with E-state index in [9.17, 15) is 8.42 Å². The van der Waals surface area contributed by atoms with Gasteiger partial charge in [-0.3, -0.25) is 4.72 Å². The van der Waals surface area contributed by atoms with Crippen LogP contribution in [-0.4, -0.2) is 8.42 Å². The van der Waals surface area contributed by atoms with Crippen molar-refractivity contribution in [2.75, 3.05) is 10.5 Å². The molecule has 0 saturated carbocycles. The van der Waals surface area contributed by atoms with Crippen LogP contribution >= 0.6 is 31.9 Å². The summed E-state index contributed by atoms with van der Waals surface area (Å²) < 4.78 is 28.4. The molecule has 5 nitrogen and oxygen atoms in total. The molecular weight excluding hydrogens is 422 g/mol. The van der Waals surface area contributed by atoms with Crippen molar-refractivity contribution >= 4 is 53.3 Å². The number of nitrogens with two attached hydrogens (primary N) is 1. The van der Waals surface area contributed by atoms with Gasteiger partial charge in [-0.1, -0.05) is 22.0 Å². The number of benzene rings is 2. The topological polar surface area (TPSA) is 96.0 Å². The van der Waals surface area contributed by atoms with Crippen molar-refractivity contribution in [1.29, 1.82) is 5.26 Å². The van der Waals surface area contributed by atoms with Gasteiger partial charge in [0.2, 0.25) is 0 Å². The first-order valence-electron chi connectivity index (χ1n) is 5.61. The van der Waals surface area contributed by atoms with E-state index in [1.807, 2.05) is 6.07 Å². The second-order valence-corrected chi connectivity index (χ2v) is 7.55. The number of nitrogen functional groups attached to an aromatic ring is 1. The molecule has 0 spiro atoms. The van der Waals surface area contributed by atoms with Gasteiger partial charge in [-0.05, 0) is 46.3 Å². The number of nitriles is 1. The molecule has 0 amide bonds. The summed E-state index contributed by atoms with van der Waals surface area (Å²) in [5, 5.41) is 8.84. The molecule has 0 atom stereocenters. The first-order valence-corrected chi connectivity index (χ1v) is 8.68. The average Bonchev–Trinajstić information content (AvgIpc) is 2.43. The Morgan fingerprint density at radius 3 is 2.52 bits per heavy atom. The van der Waals surface area contributed by atoms with Crippen LogP contribution in [0.5, 0.6) is 0 Å². The number of nitrogens with one attached hydrogen (secondary N) is 1. The third-order valence-corrected chi connectivity index (χ3v) is 5.03.